The number of carbonyl (C=O) groups excluding carboxylic acids is 3. The van der Waals surface area contributed by atoms with Crippen LogP contribution in [-0.2, 0) is 25.5 Å². The van der Waals surface area contributed by atoms with Gasteiger partial charge in [-0.2, -0.15) is 5.26 Å². The van der Waals surface area contributed by atoms with Gasteiger partial charge in [-0.05, 0) is 18.1 Å². The molecule has 0 saturated carbocycles. The van der Waals surface area contributed by atoms with Gasteiger partial charge in [-0.25, -0.2) is 0 Å². The van der Waals surface area contributed by atoms with E-state index in [2.05, 4.69) is 11.9 Å². The van der Waals surface area contributed by atoms with Crippen LogP contribution in [0.1, 0.15) is 18.4 Å². The Morgan fingerprint density at radius 2 is 2.20 bits per heavy atom. The number of hydrogen-bond donors (Lipinski definition) is 1. The number of fused-ring (bicyclic) bond motifs is 1. The van der Waals surface area contributed by atoms with E-state index in [4.69, 9.17) is 10.00 Å². The largest absolute Gasteiger partial charge is 0.449 e. The van der Waals surface area contributed by atoms with Crippen molar-refractivity contribution in [1.82, 2.24) is 5.32 Å². The normalized spacial score (nSPS) is 15.7. The summed E-state index contributed by atoms with van der Waals surface area (Å²) >= 11 is 0. The number of carbonyl (C=O) groups is 3. The van der Waals surface area contributed by atoms with E-state index in [0.717, 1.165) is 5.56 Å². The Balaban J connectivity index is 2.17. The summed E-state index contributed by atoms with van der Waals surface area (Å²) in [7, 11) is 0. The second kappa shape index (κ2) is 8.64. The molecule has 25 heavy (non-hydrogen) atoms. The highest BCUT2D eigenvalue weighted by Gasteiger charge is 2.34. The van der Waals surface area contributed by atoms with Crippen molar-refractivity contribution in [3.63, 3.8) is 0 Å². The van der Waals surface area contributed by atoms with Crippen LogP contribution in [0.3, 0.4) is 0 Å². The molecule has 0 aromatic heterocycles. The van der Waals surface area contributed by atoms with Crippen molar-refractivity contribution in [3.8, 4) is 6.07 Å². The van der Waals surface area contributed by atoms with Crippen molar-refractivity contribution in [3.05, 3.63) is 42.5 Å². The van der Waals surface area contributed by atoms with Crippen molar-refractivity contribution in [2.45, 2.75) is 25.3 Å². The summed E-state index contributed by atoms with van der Waals surface area (Å²) in [5.41, 5.74) is 1.46. The van der Waals surface area contributed by atoms with E-state index in [1.165, 1.54) is 4.90 Å². The van der Waals surface area contributed by atoms with E-state index in [0.29, 0.717) is 18.5 Å². The second-order valence-electron chi connectivity index (χ2n) is 5.52. The number of benzene rings is 1. The molecule has 130 valence electrons. The van der Waals surface area contributed by atoms with Crippen molar-refractivity contribution >= 4 is 23.5 Å². The van der Waals surface area contributed by atoms with E-state index in [-0.39, 0.29) is 31.4 Å². The summed E-state index contributed by atoms with van der Waals surface area (Å²) in [5.74, 6) is -1.30. The zero-order valence-electron chi connectivity index (χ0n) is 13.7. The topological polar surface area (TPSA) is 99.5 Å². The lowest BCUT2D eigenvalue weighted by Crippen LogP contribution is -2.54. The molecule has 0 spiro atoms. The average Bonchev–Trinajstić information content (AvgIpc) is 2.61. The van der Waals surface area contributed by atoms with Gasteiger partial charge in [0.2, 0.25) is 11.8 Å². The minimum atomic E-state index is -0.740. The van der Waals surface area contributed by atoms with E-state index in [9.17, 15) is 14.4 Å². The van der Waals surface area contributed by atoms with Crippen LogP contribution in [0.5, 0.6) is 0 Å². The number of nitriles is 1. The zero-order chi connectivity index (χ0) is 18.2. The first kappa shape index (κ1) is 18.2. The van der Waals surface area contributed by atoms with Gasteiger partial charge in [0.25, 0.3) is 0 Å². The lowest BCUT2D eigenvalue weighted by atomic mass is 9.97. The molecule has 1 N–H and O–H groups in total. The average molecular weight is 341 g/mol. The summed E-state index contributed by atoms with van der Waals surface area (Å²) in [6.07, 6.45) is 2.76. The number of nitrogens with one attached hydrogen (secondary N) is 1. The van der Waals surface area contributed by atoms with E-state index in [1.54, 1.807) is 24.3 Å². The number of allylic oxidation sites excluding steroid dienone is 1. The van der Waals surface area contributed by atoms with Crippen LogP contribution in [0.15, 0.2) is 36.9 Å². The molecule has 7 nitrogen and oxygen atoms in total. The lowest BCUT2D eigenvalue weighted by Gasteiger charge is -2.33. The summed E-state index contributed by atoms with van der Waals surface area (Å²) in [6.45, 7) is 2.88. The first-order valence-corrected chi connectivity index (χ1v) is 7.89. The fourth-order valence-corrected chi connectivity index (χ4v) is 2.62. The molecule has 1 aliphatic rings. The highest BCUT2D eigenvalue weighted by molar-refractivity contribution is 6.04. The smallest absolute Gasteiger partial charge is 0.327 e. The Kier molecular flexibility index (Phi) is 6.29. The van der Waals surface area contributed by atoms with Gasteiger partial charge in [-0.15, -0.1) is 6.58 Å². The first-order valence-electron chi connectivity index (χ1n) is 7.89. The first-order chi connectivity index (χ1) is 12.1. The van der Waals surface area contributed by atoms with Gasteiger partial charge in [-0.3, -0.25) is 19.3 Å². The molecule has 0 saturated heterocycles. The third kappa shape index (κ3) is 4.67. The highest BCUT2D eigenvalue weighted by atomic mass is 16.5. The van der Waals surface area contributed by atoms with Gasteiger partial charge in [0.05, 0.1) is 0 Å². The number of hydrogen-bond acceptors (Lipinski definition) is 5. The Bertz CT molecular complexity index is 723. The van der Waals surface area contributed by atoms with E-state index in [1.807, 2.05) is 12.1 Å². The quantitative estimate of drug-likeness (QED) is 0.591. The third-order valence-electron chi connectivity index (χ3n) is 3.77. The molecule has 0 radical (unpaired) electrons. The number of rotatable bonds is 7. The predicted octanol–water partition coefficient (Wildman–Crippen LogP) is 1.09. The van der Waals surface area contributed by atoms with Gasteiger partial charge < -0.3 is 10.1 Å². The molecular weight excluding hydrogens is 322 g/mol. The highest BCUT2D eigenvalue weighted by Crippen LogP contribution is 2.27. The van der Waals surface area contributed by atoms with Crippen molar-refractivity contribution in [2.24, 2.45) is 0 Å². The molecule has 1 atom stereocenters. The molecule has 2 amide bonds. The maximum absolute atomic E-state index is 12.7. The van der Waals surface area contributed by atoms with Crippen LogP contribution in [-0.4, -0.2) is 37.0 Å². The number of para-hydroxylation sites is 1. The summed E-state index contributed by atoms with van der Waals surface area (Å²) in [5, 5.41) is 11.2. The van der Waals surface area contributed by atoms with Crippen molar-refractivity contribution in [1.29, 1.82) is 5.26 Å². The van der Waals surface area contributed by atoms with Crippen molar-refractivity contribution in [2.75, 3.05) is 18.1 Å². The van der Waals surface area contributed by atoms with Crippen LogP contribution < -0.4 is 10.2 Å². The van der Waals surface area contributed by atoms with Crippen LogP contribution >= 0.6 is 0 Å². The number of amides is 2. The van der Waals surface area contributed by atoms with Crippen LogP contribution in [0.25, 0.3) is 0 Å². The minimum Gasteiger partial charge on any atom is -0.449 e. The summed E-state index contributed by atoms with van der Waals surface area (Å²) in [6, 6.07) is 8.15. The van der Waals surface area contributed by atoms with Gasteiger partial charge in [0, 0.05) is 18.5 Å². The fourth-order valence-electron chi connectivity index (χ4n) is 2.62. The van der Waals surface area contributed by atoms with Gasteiger partial charge in [0.1, 0.15) is 18.7 Å². The summed E-state index contributed by atoms with van der Waals surface area (Å²) in [4.78, 5) is 37.8. The molecule has 1 heterocycles. The van der Waals surface area contributed by atoms with E-state index >= 15 is 0 Å². The summed E-state index contributed by atoms with van der Waals surface area (Å²) < 4.78 is 4.73. The number of anilines is 1. The molecule has 1 aliphatic heterocycles. The van der Waals surface area contributed by atoms with Crippen LogP contribution in [0, 0.1) is 11.3 Å². The van der Waals surface area contributed by atoms with Gasteiger partial charge in [-0.1, -0.05) is 24.3 Å². The fraction of sp³-hybridized carbons (Fsp3) is 0.333. The third-order valence-corrected chi connectivity index (χ3v) is 3.77. The second-order valence-corrected chi connectivity index (χ2v) is 5.52. The molecule has 7 heteroatoms. The van der Waals surface area contributed by atoms with Crippen LogP contribution in [0.4, 0.5) is 5.69 Å². The zero-order valence-corrected chi connectivity index (χ0v) is 13.7. The lowest BCUT2D eigenvalue weighted by molar-refractivity contribution is -0.141. The molecule has 0 aliphatic carbocycles. The molecule has 1 aromatic carbocycles. The molecule has 2 rings (SSSR count). The number of nitrogens with zero attached hydrogens (tertiary/aromatic N) is 2. The Morgan fingerprint density at radius 3 is 2.92 bits per heavy atom. The number of ether oxygens (including phenoxy) is 1. The van der Waals surface area contributed by atoms with Gasteiger partial charge >= 0.3 is 5.97 Å². The SMILES string of the molecule is C=CCCC(=O)N[C@H]1Cc2ccccc2N(CC(=O)OCC#N)C1=O. The van der Waals surface area contributed by atoms with E-state index < -0.39 is 12.0 Å². The maximum Gasteiger partial charge on any atom is 0.327 e. The Hall–Kier alpha value is -3.14. The van der Waals surface area contributed by atoms with Crippen LogP contribution in [0.2, 0.25) is 0 Å². The molecule has 0 unspecified atom stereocenters. The monoisotopic (exact) mass is 341 g/mol. The molecular formula is C18H19N3O4. The predicted molar refractivity (Wildman–Crippen MR) is 90.4 cm³/mol. The standard InChI is InChI=1S/C18H19N3O4/c1-2-3-8-16(22)20-14-11-13-6-4-5-7-15(13)21(18(14)24)12-17(23)25-10-9-19/h2,4-7,14H,1,3,8,10-12H2,(H,20,22)/t14-/m0/s1. The minimum absolute atomic E-state index is 0.246. The molecule has 0 fully saturated rings. The molecule has 0 bridgehead atoms. The Morgan fingerprint density at radius 1 is 1.44 bits per heavy atom. The maximum atomic E-state index is 12.7. The molecule has 1 aromatic rings. The number of esters is 1. The van der Waals surface area contributed by atoms with Gasteiger partial charge in [0.15, 0.2) is 6.61 Å². The Labute approximate surface area is 145 Å². The van der Waals surface area contributed by atoms with Crippen molar-refractivity contribution < 1.29 is 19.1 Å².